The predicted molar refractivity (Wildman–Crippen MR) is 138 cm³/mol. The highest BCUT2D eigenvalue weighted by Crippen LogP contribution is 2.48. The van der Waals surface area contributed by atoms with Crippen LogP contribution in [0.15, 0.2) is 30.3 Å². The zero-order valence-corrected chi connectivity index (χ0v) is 21.5. The van der Waals surface area contributed by atoms with Crippen molar-refractivity contribution in [2.45, 2.75) is 72.6 Å². The van der Waals surface area contributed by atoms with Gasteiger partial charge in [0.2, 0.25) is 5.91 Å². The standard InChI is InChI=1S/C28H36N2OSi/c1-20-17-23-19-30(24-9-7-22(8-10-24)12-16-32(4,5)6)15-11-25(23)21(2)27(20)29-26(31)18-28(3)13-14-28/h7-10,17H,11,13-15,18-19H2,1-6H3,(H,29,31). The molecule has 0 aromatic heterocycles. The zero-order chi connectivity index (χ0) is 23.1. The molecule has 3 nitrogen and oxygen atoms in total. The lowest BCUT2D eigenvalue weighted by molar-refractivity contribution is -0.117. The number of carbonyl (C=O) groups excluding carboxylic acids is 1. The summed E-state index contributed by atoms with van der Waals surface area (Å²) in [6.45, 7) is 15.2. The molecular formula is C28H36N2OSi. The van der Waals surface area contributed by atoms with Crippen molar-refractivity contribution < 1.29 is 4.79 Å². The summed E-state index contributed by atoms with van der Waals surface area (Å²) < 4.78 is 0. The number of hydrogen-bond donors (Lipinski definition) is 1. The van der Waals surface area contributed by atoms with Gasteiger partial charge in [0.05, 0.1) is 0 Å². The van der Waals surface area contributed by atoms with Gasteiger partial charge in [-0.1, -0.05) is 38.6 Å². The van der Waals surface area contributed by atoms with E-state index < -0.39 is 8.07 Å². The van der Waals surface area contributed by atoms with Crippen molar-refractivity contribution in [2.75, 3.05) is 16.8 Å². The number of anilines is 2. The largest absolute Gasteiger partial charge is 0.367 e. The number of hydrogen-bond acceptors (Lipinski definition) is 2. The Kier molecular flexibility index (Phi) is 5.98. The average molecular weight is 445 g/mol. The number of nitrogens with one attached hydrogen (secondary N) is 1. The minimum atomic E-state index is -1.36. The Morgan fingerprint density at radius 2 is 1.84 bits per heavy atom. The number of benzene rings is 2. The van der Waals surface area contributed by atoms with Crippen molar-refractivity contribution in [3.05, 3.63) is 58.1 Å². The van der Waals surface area contributed by atoms with Crippen LogP contribution >= 0.6 is 0 Å². The first-order valence-corrected chi connectivity index (χ1v) is 15.3. The molecule has 4 rings (SSSR count). The first-order valence-electron chi connectivity index (χ1n) is 11.8. The maximum Gasteiger partial charge on any atom is 0.224 e. The minimum absolute atomic E-state index is 0.158. The molecule has 2 aromatic carbocycles. The fraction of sp³-hybridized carbons (Fsp3) is 0.464. The lowest BCUT2D eigenvalue weighted by atomic mass is 9.91. The van der Waals surface area contributed by atoms with Crippen LogP contribution in [-0.4, -0.2) is 20.5 Å². The van der Waals surface area contributed by atoms with Gasteiger partial charge in [-0.3, -0.25) is 4.79 Å². The van der Waals surface area contributed by atoms with E-state index in [1.165, 1.54) is 35.2 Å². The number of rotatable bonds is 4. The summed E-state index contributed by atoms with van der Waals surface area (Å²) in [6, 6.07) is 11.0. The number of aryl methyl sites for hydroxylation is 1. The molecular weight excluding hydrogens is 408 g/mol. The van der Waals surface area contributed by atoms with E-state index in [1.807, 2.05) is 0 Å². The van der Waals surface area contributed by atoms with E-state index in [1.54, 1.807) is 0 Å². The lowest BCUT2D eigenvalue weighted by Gasteiger charge is -2.33. The van der Waals surface area contributed by atoms with Crippen LogP contribution in [0.1, 0.15) is 54.0 Å². The Bertz CT molecular complexity index is 1100. The Balaban J connectivity index is 1.49. The highest BCUT2D eigenvalue weighted by molar-refractivity contribution is 6.83. The average Bonchev–Trinajstić information content (AvgIpc) is 3.45. The third-order valence-electron chi connectivity index (χ3n) is 6.76. The van der Waals surface area contributed by atoms with Gasteiger partial charge < -0.3 is 10.2 Å². The van der Waals surface area contributed by atoms with Crippen molar-refractivity contribution in [3.8, 4) is 11.5 Å². The molecule has 0 spiro atoms. The molecule has 1 aliphatic carbocycles. The molecule has 1 N–H and O–H groups in total. The Morgan fingerprint density at radius 3 is 2.47 bits per heavy atom. The van der Waals surface area contributed by atoms with Crippen LogP contribution in [0.2, 0.25) is 19.6 Å². The summed E-state index contributed by atoms with van der Waals surface area (Å²) >= 11 is 0. The Labute approximate surface area is 194 Å². The molecule has 1 amide bonds. The van der Waals surface area contributed by atoms with E-state index in [9.17, 15) is 4.79 Å². The van der Waals surface area contributed by atoms with Crippen LogP contribution in [0.5, 0.6) is 0 Å². The number of fused-ring (bicyclic) bond motifs is 1. The Morgan fingerprint density at radius 1 is 1.16 bits per heavy atom. The van der Waals surface area contributed by atoms with E-state index >= 15 is 0 Å². The maximum atomic E-state index is 12.6. The minimum Gasteiger partial charge on any atom is -0.367 e. The molecule has 1 fully saturated rings. The van der Waals surface area contributed by atoms with Gasteiger partial charge in [0.1, 0.15) is 8.07 Å². The Hall–Kier alpha value is -2.51. The van der Waals surface area contributed by atoms with Gasteiger partial charge in [-0.15, -0.1) is 5.54 Å². The smallest absolute Gasteiger partial charge is 0.224 e. The summed E-state index contributed by atoms with van der Waals surface area (Å²) in [5.74, 6) is 3.50. The molecule has 0 atom stereocenters. The second kappa shape index (κ2) is 8.44. The first kappa shape index (κ1) is 22.7. The molecule has 0 radical (unpaired) electrons. The second-order valence-corrected chi connectivity index (χ2v) is 15.8. The zero-order valence-electron chi connectivity index (χ0n) is 20.5. The molecule has 4 heteroatoms. The van der Waals surface area contributed by atoms with E-state index in [2.05, 4.69) is 92.4 Å². The van der Waals surface area contributed by atoms with E-state index in [-0.39, 0.29) is 11.3 Å². The maximum absolute atomic E-state index is 12.6. The molecule has 0 saturated heterocycles. The van der Waals surface area contributed by atoms with E-state index in [0.717, 1.165) is 36.3 Å². The van der Waals surface area contributed by atoms with Crippen LogP contribution in [0.25, 0.3) is 0 Å². The molecule has 0 bridgehead atoms. The first-order chi connectivity index (χ1) is 15.0. The van der Waals surface area contributed by atoms with Crippen LogP contribution < -0.4 is 10.2 Å². The third kappa shape index (κ3) is 5.27. The summed E-state index contributed by atoms with van der Waals surface area (Å²) in [5.41, 5.74) is 12.2. The summed E-state index contributed by atoms with van der Waals surface area (Å²) in [4.78, 5) is 15.0. The molecule has 32 heavy (non-hydrogen) atoms. The SMILES string of the molecule is Cc1cc2c(c(C)c1NC(=O)CC1(C)CC1)CCN(c1ccc(C#C[Si](C)(C)C)cc1)C2. The van der Waals surface area contributed by atoms with Crippen molar-refractivity contribution >= 4 is 25.4 Å². The summed E-state index contributed by atoms with van der Waals surface area (Å²) in [5, 5.41) is 3.23. The fourth-order valence-electron chi connectivity index (χ4n) is 4.52. The van der Waals surface area contributed by atoms with Crippen molar-refractivity contribution in [2.24, 2.45) is 5.41 Å². The van der Waals surface area contributed by atoms with Crippen LogP contribution in [0.4, 0.5) is 11.4 Å². The highest BCUT2D eigenvalue weighted by atomic mass is 28.3. The van der Waals surface area contributed by atoms with Gasteiger partial charge in [-0.2, -0.15) is 0 Å². The normalized spacial score (nSPS) is 16.6. The van der Waals surface area contributed by atoms with Gasteiger partial charge in [0, 0.05) is 36.4 Å². The summed E-state index contributed by atoms with van der Waals surface area (Å²) in [6.07, 6.45) is 3.98. The fourth-order valence-corrected chi connectivity index (χ4v) is 5.04. The lowest BCUT2D eigenvalue weighted by Crippen LogP contribution is -2.31. The van der Waals surface area contributed by atoms with Gasteiger partial charge in [0.25, 0.3) is 0 Å². The number of nitrogens with zero attached hydrogens (tertiary/aromatic N) is 1. The number of amides is 1. The topological polar surface area (TPSA) is 32.3 Å². The van der Waals surface area contributed by atoms with Crippen LogP contribution in [0, 0.1) is 30.7 Å². The van der Waals surface area contributed by atoms with Gasteiger partial charge in [0.15, 0.2) is 0 Å². The molecule has 1 saturated carbocycles. The van der Waals surface area contributed by atoms with Gasteiger partial charge >= 0.3 is 0 Å². The van der Waals surface area contributed by atoms with Crippen LogP contribution in [-0.2, 0) is 17.8 Å². The molecule has 0 unspecified atom stereocenters. The van der Waals surface area contributed by atoms with Crippen molar-refractivity contribution in [3.63, 3.8) is 0 Å². The van der Waals surface area contributed by atoms with Gasteiger partial charge in [-0.25, -0.2) is 0 Å². The molecule has 2 aliphatic rings. The molecule has 2 aromatic rings. The monoisotopic (exact) mass is 444 g/mol. The predicted octanol–water partition coefficient (Wildman–Crippen LogP) is 6.22. The van der Waals surface area contributed by atoms with E-state index in [0.29, 0.717) is 6.42 Å². The quantitative estimate of drug-likeness (QED) is 0.448. The van der Waals surface area contributed by atoms with Crippen LogP contribution in [0.3, 0.4) is 0 Å². The number of carbonyl (C=O) groups is 1. The summed E-state index contributed by atoms with van der Waals surface area (Å²) in [7, 11) is -1.36. The van der Waals surface area contributed by atoms with E-state index in [4.69, 9.17) is 0 Å². The molecule has 168 valence electrons. The molecule has 1 heterocycles. The molecule has 1 aliphatic heterocycles. The van der Waals surface area contributed by atoms with Crippen molar-refractivity contribution in [1.29, 1.82) is 0 Å². The highest BCUT2D eigenvalue weighted by Gasteiger charge is 2.39. The second-order valence-electron chi connectivity index (χ2n) is 11.1. The third-order valence-corrected chi connectivity index (χ3v) is 7.64. The van der Waals surface area contributed by atoms with Gasteiger partial charge in [-0.05, 0) is 85.0 Å². The van der Waals surface area contributed by atoms with Crippen molar-refractivity contribution in [1.82, 2.24) is 0 Å².